The molecule has 0 unspecified atom stereocenters. The molecule has 0 saturated carbocycles. The minimum absolute atomic E-state index is 0.0501. The maximum absolute atomic E-state index is 9.48. The second-order valence-electron chi connectivity index (χ2n) is 11.1. The van der Waals surface area contributed by atoms with Crippen LogP contribution in [0.2, 0.25) is 0 Å². The summed E-state index contributed by atoms with van der Waals surface area (Å²) in [6, 6.07) is 6.54. The molecule has 2 nitrogen and oxygen atoms in total. The highest BCUT2D eigenvalue weighted by molar-refractivity contribution is 6.21. The summed E-state index contributed by atoms with van der Waals surface area (Å²) in [6.07, 6.45) is 0. The molecule has 0 fully saturated rings. The number of hydrogen-bond acceptors (Lipinski definition) is 1. The molecule has 9 rings (SSSR count). The topological polar surface area (TPSA) is 17.8 Å². The lowest BCUT2D eigenvalue weighted by Gasteiger charge is -2.19. The predicted octanol–water partition coefficient (Wildman–Crippen LogP) is 12.3. The highest BCUT2D eigenvalue weighted by atomic mass is 15.1. The molecule has 0 N–H and O–H groups in total. The minimum Gasteiger partial charge on any atom is -0.297 e. The van der Waals surface area contributed by atoms with Crippen molar-refractivity contribution >= 4 is 32.6 Å². The minimum atomic E-state index is -0.702. The van der Waals surface area contributed by atoms with Crippen LogP contribution in [0.1, 0.15) is 30.5 Å². The van der Waals surface area contributed by atoms with E-state index in [9.17, 15) is 5.48 Å². The first-order valence-corrected chi connectivity index (χ1v) is 15.0. The Hall–Kier alpha value is -6.25. The average molecular weight is 631 g/mol. The van der Waals surface area contributed by atoms with Gasteiger partial charge in [-0.3, -0.25) is 4.57 Å². The zero-order valence-corrected chi connectivity index (χ0v) is 25.2. The highest BCUT2D eigenvalue weighted by Crippen LogP contribution is 2.45. The van der Waals surface area contributed by atoms with Crippen LogP contribution in [0.25, 0.3) is 82.8 Å². The van der Waals surface area contributed by atoms with Crippen molar-refractivity contribution < 1.29 is 24.7 Å². The molecule has 8 aromatic carbocycles. The second kappa shape index (κ2) is 11.5. The van der Waals surface area contributed by atoms with Crippen LogP contribution < -0.4 is 0 Å². The van der Waals surface area contributed by atoms with Crippen LogP contribution in [0.5, 0.6) is 0 Å². The van der Waals surface area contributed by atoms with Crippen LogP contribution >= 0.6 is 0 Å². The van der Waals surface area contributed by atoms with Crippen molar-refractivity contribution in [3.05, 3.63) is 181 Å². The number of rotatable bonds is 5. The van der Waals surface area contributed by atoms with E-state index in [1.807, 2.05) is 35.8 Å². The van der Waals surface area contributed by atoms with E-state index in [4.69, 9.17) is 19.2 Å². The Bertz CT molecular complexity index is 3410. The van der Waals surface area contributed by atoms with Crippen LogP contribution in [0, 0.1) is 6.92 Å². The summed E-state index contributed by atoms with van der Waals surface area (Å²) >= 11 is 0. The van der Waals surface area contributed by atoms with E-state index in [0.29, 0.717) is 17.1 Å². The molecule has 0 bridgehead atoms. The normalized spacial score (nSPS) is 16.7. The lowest BCUT2D eigenvalue weighted by atomic mass is 9.84. The van der Waals surface area contributed by atoms with Crippen molar-refractivity contribution in [3.8, 4) is 50.2 Å². The molecule has 9 aromatic rings. The number of fused-ring (bicyclic) bond motifs is 3. The predicted molar refractivity (Wildman–Crippen MR) is 203 cm³/mol. The lowest BCUT2D eigenvalue weighted by Crippen LogP contribution is -1.97. The number of aryl methyl sites for hydroxylation is 1. The molecule has 0 spiro atoms. The van der Waals surface area contributed by atoms with Gasteiger partial charge in [0.05, 0.1) is 35.7 Å². The van der Waals surface area contributed by atoms with Gasteiger partial charge in [-0.25, -0.2) is 4.98 Å². The van der Waals surface area contributed by atoms with Gasteiger partial charge >= 0.3 is 0 Å². The van der Waals surface area contributed by atoms with E-state index < -0.39 is 109 Å². The van der Waals surface area contributed by atoms with E-state index in [2.05, 4.69) is 4.98 Å². The fourth-order valence-corrected chi connectivity index (χ4v) is 6.30. The maximum Gasteiger partial charge on any atom is 0.111 e. The summed E-state index contributed by atoms with van der Waals surface area (Å²) in [5.41, 5.74) is 1.40. The van der Waals surface area contributed by atoms with Gasteiger partial charge in [0.2, 0.25) is 0 Å². The summed E-state index contributed by atoms with van der Waals surface area (Å²) in [4.78, 5) is 4.66. The Morgan fingerprint density at radius 3 is 1.46 bits per heavy atom. The van der Waals surface area contributed by atoms with Gasteiger partial charge in [-0.15, -0.1) is 0 Å². The number of nitrogens with zero attached hydrogens (tertiary/aromatic N) is 2. The molecule has 0 aliphatic rings. The van der Waals surface area contributed by atoms with Gasteiger partial charge in [0, 0.05) is 5.69 Å². The Balaban J connectivity index is 1.49. The van der Waals surface area contributed by atoms with Crippen LogP contribution in [0.4, 0.5) is 0 Å². The van der Waals surface area contributed by atoms with Gasteiger partial charge in [-0.1, -0.05) is 133 Å². The molecule has 0 aliphatic carbocycles. The summed E-state index contributed by atoms with van der Waals surface area (Å²) in [7, 11) is 0. The fourth-order valence-electron chi connectivity index (χ4n) is 6.30. The van der Waals surface area contributed by atoms with E-state index >= 15 is 0 Å². The molecular weight excluding hydrogens is 581 g/mol. The molecule has 226 valence electrons. The van der Waals surface area contributed by atoms with Crippen LogP contribution in [-0.2, 0) is 0 Å². The van der Waals surface area contributed by atoms with E-state index in [1.165, 1.54) is 18.2 Å². The monoisotopic (exact) mass is 630 g/mol. The molecule has 0 aliphatic heterocycles. The Morgan fingerprint density at radius 2 is 0.917 bits per heavy atom. The SMILES string of the molecule is [2H]c1c([2H])c([2H])c(-c2cc(-c3c([2H])c([2H])c([2H])c([2H])c3[2H])cc(-c3c4c([2H])c([2H])c([2H])c([2H])c4c(-c4ccc(-n5c(C)nc6ccccc65)cc4)c4c([2H])c([2H])c([2H])c([2H])c34)c2)c([2H])c1[2H]. The molecule has 1 aromatic heterocycles. The fraction of sp³-hybridized carbons (Fsp3) is 0.0217. The quantitative estimate of drug-likeness (QED) is 0.173. The van der Waals surface area contributed by atoms with Gasteiger partial charge in [0.25, 0.3) is 0 Å². The zero-order valence-electron chi connectivity index (χ0n) is 43.2. The number of imidazole rings is 1. The van der Waals surface area contributed by atoms with Gasteiger partial charge in [0.15, 0.2) is 0 Å². The molecule has 0 radical (unpaired) electrons. The van der Waals surface area contributed by atoms with Crippen molar-refractivity contribution in [2.75, 3.05) is 0 Å². The number of para-hydroxylation sites is 2. The van der Waals surface area contributed by atoms with E-state index in [1.54, 1.807) is 24.3 Å². The lowest BCUT2D eigenvalue weighted by molar-refractivity contribution is 1.00. The number of benzene rings is 8. The van der Waals surface area contributed by atoms with E-state index in [-0.39, 0.29) is 60.5 Å². The Kier molecular flexibility index (Phi) is 3.63. The smallest absolute Gasteiger partial charge is 0.111 e. The summed E-state index contributed by atoms with van der Waals surface area (Å²) in [6.45, 7) is 1.84. The summed E-state index contributed by atoms with van der Waals surface area (Å²) in [5, 5.41) is -0.690. The molecule has 0 amide bonds. The first kappa shape index (κ1) is 15.1. The third kappa shape index (κ3) is 4.70. The molecule has 0 saturated heterocycles. The van der Waals surface area contributed by atoms with Gasteiger partial charge in [-0.05, 0) is 115 Å². The molecule has 2 heteroatoms. The molecule has 1 heterocycles. The first-order chi connectivity index (χ1) is 31.2. The third-order valence-corrected chi connectivity index (χ3v) is 8.32. The summed E-state index contributed by atoms with van der Waals surface area (Å²) < 4.78 is 161. The van der Waals surface area contributed by atoms with Crippen molar-refractivity contribution in [1.29, 1.82) is 0 Å². The van der Waals surface area contributed by atoms with Crippen LogP contribution in [0.15, 0.2) is 175 Å². The largest absolute Gasteiger partial charge is 0.297 e. The van der Waals surface area contributed by atoms with Gasteiger partial charge in [-0.2, -0.15) is 0 Å². The second-order valence-corrected chi connectivity index (χ2v) is 11.1. The third-order valence-electron chi connectivity index (χ3n) is 8.32. The van der Waals surface area contributed by atoms with E-state index in [0.717, 1.165) is 11.0 Å². The molecular formula is C46H32N2. The highest BCUT2D eigenvalue weighted by Gasteiger charge is 2.18. The Labute approximate surface area is 305 Å². The van der Waals surface area contributed by atoms with Crippen molar-refractivity contribution in [3.63, 3.8) is 0 Å². The van der Waals surface area contributed by atoms with Crippen molar-refractivity contribution in [2.45, 2.75) is 6.92 Å². The summed E-state index contributed by atoms with van der Waals surface area (Å²) in [5.74, 6) is 0.682. The number of aromatic nitrogens is 2. The van der Waals surface area contributed by atoms with Crippen molar-refractivity contribution in [1.82, 2.24) is 9.55 Å². The number of hydrogen-bond donors (Lipinski definition) is 0. The van der Waals surface area contributed by atoms with Crippen LogP contribution in [-0.4, -0.2) is 9.55 Å². The van der Waals surface area contributed by atoms with Gasteiger partial charge < -0.3 is 0 Å². The van der Waals surface area contributed by atoms with Gasteiger partial charge in [0.1, 0.15) is 5.82 Å². The standard InChI is InChI=1S/C46H32N2/c1-31-47-43-22-12-13-23-44(43)48(31)38-26-24-34(25-27-38)45-39-18-8-10-20-41(39)46(42-21-11-9-19-40(42)45)37-29-35(32-14-4-2-5-15-32)28-36(30-37)33-16-6-3-7-17-33/h2-30H,1H3/i2D,3D,4D,5D,6D,7D,8D,9D,10D,11D,14D,15D,16D,17D,18D,19D,20D,21D. The zero-order chi connectivity index (χ0) is 47.7. The first-order valence-electron chi connectivity index (χ1n) is 24.0. The average Bonchev–Trinajstić information content (AvgIpc) is 3.65. The Morgan fingerprint density at radius 1 is 0.458 bits per heavy atom. The molecule has 0 atom stereocenters. The molecule has 48 heavy (non-hydrogen) atoms. The van der Waals surface area contributed by atoms with Crippen molar-refractivity contribution in [2.24, 2.45) is 0 Å². The maximum atomic E-state index is 9.48. The van der Waals surface area contributed by atoms with Crippen LogP contribution in [0.3, 0.4) is 0 Å².